The molecule has 2 bridgehead atoms. The molecule has 3 aliphatic carbocycles. The lowest BCUT2D eigenvalue weighted by atomic mass is 9.59. The van der Waals surface area contributed by atoms with Crippen LogP contribution in [0.4, 0.5) is 0 Å². The van der Waals surface area contributed by atoms with Crippen molar-refractivity contribution in [3.05, 3.63) is 11.3 Å². The van der Waals surface area contributed by atoms with Gasteiger partial charge in [-0.1, -0.05) is 58.1 Å². The number of hydrogen-bond donors (Lipinski definition) is 0. The Morgan fingerprint density at radius 2 is 1.75 bits per heavy atom. The van der Waals surface area contributed by atoms with Gasteiger partial charge in [-0.05, 0) is 36.5 Å². The Balaban J connectivity index is 2.15. The maximum Gasteiger partial charge on any atom is 0.146 e. The van der Waals surface area contributed by atoms with Crippen LogP contribution in [0, 0.1) is 22.2 Å². The quantitative estimate of drug-likeness (QED) is 0.622. The van der Waals surface area contributed by atoms with Crippen LogP contribution < -0.4 is 0 Å². The van der Waals surface area contributed by atoms with Crippen molar-refractivity contribution in [2.45, 2.75) is 72.5 Å². The summed E-state index contributed by atoms with van der Waals surface area (Å²) in [6, 6.07) is 0. The van der Waals surface area contributed by atoms with Crippen molar-refractivity contribution < 1.29 is 4.79 Å². The second kappa shape index (κ2) is 3.88. The van der Waals surface area contributed by atoms with Crippen molar-refractivity contribution in [2.75, 3.05) is 0 Å². The third-order valence-electron chi connectivity index (χ3n) is 7.20. The monoisotopic (exact) mass is 290 g/mol. The Labute approximate surface area is 125 Å². The molecule has 3 rings (SSSR count). The second-order valence-electron chi connectivity index (χ2n) is 9.32. The molecule has 0 amide bonds. The number of fused-ring (bicyclic) bond motifs is 5. The van der Waals surface area contributed by atoms with E-state index in [1.807, 2.05) is 0 Å². The van der Waals surface area contributed by atoms with E-state index in [0.29, 0.717) is 5.78 Å². The Bertz CT molecular complexity index is 500. The van der Waals surface area contributed by atoms with Gasteiger partial charge in [0.15, 0.2) is 0 Å². The zero-order valence-corrected chi connectivity index (χ0v) is 15.1. The molecular weight excluding hydrogens is 260 g/mol. The minimum absolute atomic E-state index is 0.0559. The first-order valence-electron chi connectivity index (χ1n) is 8.31. The standard InChI is InChI=1S/C18H30OSi/c1-16-9-7-10-18(16,3)17(2)11-8-13(12-20(4,5)6)14(16)15(17)19/h12,14H,7-11H2,1-6H3/b13-12+/t14-,16-,17+,18-/m0/s1. The fourth-order valence-corrected chi connectivity index (χ4v) is 7.27. The minimum atomic E-state index is -1.25. The molecule has 0 spiro atoms. The SMILES string of the molecule is C[C@]12CCC[C@@]1(C)[C@@H]1C(=O)[C@@]2(C)CC/C1=C\[Si](C)(C)C. The van der Waals surface area contributed by atoms with Crippen LogP contribution in [0.2, 0.25) is 19.6 Å². The number of Topliss-reactive ketones (excluding diaryl/α,β-unsaturated/α-hetero) is 1. The van der Waals surface area contributed by atoms with Crippen LogP contribution in [-0.2, 0) is 4.79 Å². The maximum atomic E-state index is 13.2. The second-order valence-corrected chi connectivity index (χ2v) is 14.3. The highest BCUT2D eigenvalue weighted by Crippen LogP contribution is 2.75. The topological polar surface area (TPSA) is 17.1 Å². The molecule has 0 unspecified atom stereocenters. The summed E-state index contributed by atoms with van der Waals surface area (Å²) in [7, 11) is -1.25. The molecule has 1 nitrogen and oxygen atoms in total. The predicted molar refractivity (Wildman–Crippen MR) is 87.3 cm³/mol. The van der Waals surface area contributed by atoms with Gasteiger partial charge in [0, 0.05) is 11.3 Å². The predicted octanol–water partition coefficient (Wildman–Crippen LogP) is 4.99. The molecule has 0 aromatic heterocycles. The van der Waals surface area contributed by atoms with Crippen LogP contribution in [0.25, 0.3) is 0 Å². The molecule has 0 heterocycles. The van der Waals surface area contributed by atoms with Crippen LogP contribution in [-0.4, -0.2) is 13.9 Å². The summed E-state index contributed by atoms with van der Waals surface area (Å²) in [5.74, 6) is 0.818. The molecule has 0 N–H and O–H groups in total. The number of allylic oxidation sites excluding steroid dienone is 1. The maximum absolute atomic E-state index is 13.2. The molecule has 0 aliphatic heterocycles. The van der Waals surface area contributed by atoms with Crippen molar-refractivity contribution in [1.29, 1.82) is 0 Å². The van der Waals surface area contributed by atoms with E-state index >= 15 is 0 Å². The van der Waals surface area contributed by atoms with Gasteiger partial charge in [0.25, 0.3) is 0 Å². The number of carbonyl (C=O) groups excluding carboxylic acids is 1. The van der Waals surface area contributed by atoms with Gasteiger partial charge in [-0.15, -0.1) is 0 Å². The highest BCUT2D eigenvalue weighted by molar-refractivity contribution is 6.81. The van der Waals surface area contributed by atoms with Gasteiger partial charge in [0.1, 0.15) is 5.78 Å². The summed E-state index contributed by atoms with van der Waals surface area (Å²) >= 11 is 0. The van der Waals surface area contributed by atoms with Gasteiger partial charge >= 0.3 is 0 Å². The normalized spacial score (nSPS) is 49.8. The summed E-state index contributed by atoms with van der Waals surface area (Å²) in [5, 5.41) is 0. The summed E-state index contributed by atoms with van der Waals surface area (Å²) in [6.07, 6.45) is 6.07. The summed E-state index contributed by atoms with van der Waals surface area (Å²) in [6.45, 7) is 14.3. The summed E-state index contributed by atoms with van der Waals surface area (Å²) < 4.78 is 0. The summed E-state index contributed by atoms with van der Waals surface area (Å²) in [4.78, 5) is 13.2. The van der Waals surface area contributed by atoms with Crippen molar-refractivity contribution in [2.24, 2.45) is 22.2 Å². The van der Waals surface area contributed by atoms with Crippen LogP contribution in [0.5, 0.6) is 0 Å². The van der Waals surface area contributed by atoms with Crippen LogP contribution in [0.1, 0.15) is 52.9 Å². The van der Waals surface area contributed by atoms with E-state index in [0.717, 1.165) is 6.42 Å². The van der Waals surface area contributed by atoms with Crippen molar-refractivity contribution >= 4 is 13.9 Å². The van der Waals surface area contributed by atoms with Crippen molar-refractivity contribution in [3.8, 4) is 0 Å². The fraction of sp³-hybridized carbons (Fsp3) is 0.833. The smallest absolute Gasteiger partial charge is 0.146 e. The molecule has 20 heavy (non-hydrogen) atoms. The Morgan fingerprint density at radius 1 is 1.10 bits per heavy atom. The number of ketones is 1. The Morgan fingerprint density at radius 3 is 2.35 bits per heavy atom. The van der Waals surface area contributed by atoms with Crippen LogP contribution >= 0.6 is 0 Å². The van der Waals surface area contributed by atoms with E-state index in [2.05, 4.69) is 46.1 Å². The first-order chi connectivity index (χ1) is 9.05. The zero-order chi connectivity index (χ0) is 15.0. The number of carbonyl (C=O) groups is 1. The van der Waals surface area contributed by atoms with Gasteiger partial charge in [-0.25, -0.2) is 0 Å². The summed E-state index contributed by atoms with van der Waals surface area (Å²) in [5.41, 5.74) is 4.46. The first-order valence-corrected chi connectivity index (χ1v) is 11.9. The van der Waals surface area contributed by atoms with E-state index < -0.39 is 8.07 Å². The number of rotatable bonds is 1. The lowest BCUT2D eigenvalue weighted by Gasteiger charge is -2.43. The number of hydrogen-bond acceptors (Lipinski definition) is 1. The fourth-order valence-electron chi connectivity index (χ4n) is 5.85. The third-order valence-corrected chi connectivity index (χ3v) is 8.43. The molecule has 2 heteroatoms. The van der Waals surface area contributed by atoms with Crippen LogP contribution in [0.3, 0.4) is 0 Å². The van der Waals surface area contributed by atoms with Gasteiger partial charge < -0.3 is 0 Å². The largest absolute Gasteiger partial charge is 0.298 e. The molecule has 0 aromatic rings. The molecular formula is C18H30OSi. The van der Waals surface area contributed by atoms with Gasteiger partial charge in [0.05, 0.1) is 8.07 Å². The molecule has 3 fully saturated rings. The molecule has 4 atom stereocenters. The average molecular weight is 291 g/mol. The van der Waals surface area contributed by atoms with E-state index in [1.165, 1.54) is 31.3 Å². The van der Waals surface area contributed by atoms with E-state index in [9.17, 15) is 4.79 Å². The zero-order valence-electron chi connectivity index (χ0n) is 14.1. The molecule has 0 aromatic carbocycles. The van der Waals surface area contributed by atoms with E-state index in [1.54, 1.807) is 0 Å². The minimum Gasteiger partial charge on any atom is -0.298 e. The highest BCUT2D eigenvalue weighted by atomic mass is 28.3. The van der Waals surface area contributed by atoms with Crippen molar-refractivity contribution in [3.63, 3.8) is 0 Å². The van der Waals surface area contributed by atoms with Gasteiger partial charge in [0.2, 0.25) is 0 Å². The van der Waals surface area contributed by atoms with Gasteiger partial charge in [-0.3, -0.25) is 4.79 Å². The Hall–Kier alpha value is -0.373. The highest BCUT2D eigenvalue weighted by Gasteiger charge is 2.73. The lowest BCUT2D eigenvalue weighted by Crippen LogP contribution is -2.41. The third kappa shape index (κ3) is 1.52. The van der Waals surface area contributed by atoms with Gasteiger partial charge in [-0.2, -0.15) is 0 Å². The first kappa shape index (κ1) is 14.6. The van der Waals surface area contributed by atoms with Crippen molar-refractivity contribution in [1.82, 2.24) is 0 Å². The average Bonchev–Trinajstić information content (AvgIpc) is 2.63. The molecule has 3 saturated carbocycles. The molecule has 112 valence electrons. The van der Waals surface area contributed by atoms with E-state index in [-0.39, 0.29) is 22.2 Å². The Kier molecular flexibility index (Phi) is 2.82. The van der Waals surface area contributed by atoms with E-state index in [4.69, 9.17) is 0 Å². The van der Waals surface area contributed by atoms with Crippen LogP contribution in [0.15, 0.2) is 11.3 Å². The molecule has 3 aliphatic rings. The lowest BCUT2D eigenvalue weighted by molar-refractivity contribution is -0.132. The molecule has 0 saturated heterocycles. The molecule has 0 radical (unpaired) electrons.